The molecule has 2 heterocycles. The van der Waals surface area contributed by atoms with Crippen molar-refractivity contribution in [2.45, 2.75) is 32.1 Å². The molecule has 3 amide bonds. The van der Waals surface area contributed by atoms with Crippen molar-refractivity contribution in [3.05, 3.63) is 28.2 Å². The molecule has 0 bridgehead atoms. The summed E-state index contributed by atoms with van der Waals surface area (Å²) >= 11 is 4.52. The van der Waals surface area contributed by atoms with Crippen LogP contribution in [0.25, 0.3) is 0 Å². The summed E-state index contributed by atoms with van der Waals surface area (Å²) in [5, 5.41) is 8.20. The Morgan fingerprint density at radius 1 is 1.36 bits per heavy atom. The third-order valence-electron chi connectivity index (χ3n) is 3.91. The van der Waals surface area contributed by atoms with Crippen LogP contribution >= 0.6 is 27.7 Å². The first-order valence-electron chi connectivity index (χ1n) is 7.79. The monoisotopic (exact) mass is 424 g/mol. The number of rotatable bonds is 2. The first kappa shape index (κ1) is 17.9. The number of carbonyl (C=O) groups excluding carboxylic acids is 3. The molecule has 1 N–H and O–H groups in total. The molecule has 1 aromatic rings. The zero-order valence-electron chi connectivity index (χ0n) is 14.0. The maximum atomic E-state index is 13.3. The lowest BCUT2D eigenvalue weighted by Crippen LogP contribution is -2.48. The van der Waals surface area contributed by atoms with Gasteiger partial charge in [0.1, 0.15) is 0 Å². The predicted molar refractivity (Wildman–Crippen MR) is 99.8 cm³/mol. The zero-order valence-corrected chi connectivity index (χ0v) is 16.4. The Kier molecular flexibility index (Phi) is 4.63. The van der Waals surface area contributed by atoms with Crippen molar-refractivity contribution in [3.63, 3.8) is 0 Å². The summed E-state index contributed by atoms with van der Waals surface area (Å²) in [7, 11) is 0. The van der Waals surface area contributed by atoms with Gasteiger partial charge >= 0.3 is 0 Å². The van der Waals surface area contributed by atoms with Gasteiger partial charge in [-0.1, -0.05) is 22.9 Å². The van der Waals surface area contributed by atoms with Gasteiger partial charge in [0, 0.05) is 30.4 Å². The molecule has 0 radical (unpaired) electrons. The second-order valence-corrected chi connectivity index (χ2v) is 7.88. The molecule has 2 aliphatic heterocycles. The van der Waals surface area contributed by atoms with Crippen LogP contribution in [0.4, 0.5) is 5.69 Å². The van der Waals surface area contributed by atoms with Gasteiger partial charge in [0.05, 0.1) is 5.69 Å². The molecule has 1 unspecified atom stereocenters. The summed E-state index contributed by atoms with van der Waals surface area (Å²) in [6, 6.07) is 5.55. The van der Waals surface area contributed by atoms with E-state index >= 15 is 0 Å². The molecule has 0 aliphatic carbocycles. The van der Waals surface area contributed by atoms with Gasteiger partial charge in [-0.2, -0.15) is 5.01 Å². The Hall–Kier alpha value is -1.87. The minimum Gasteiger partial charge on any atom is -0.309 e. The zero-order chi connectivity index (χ0) is 18.4. The molecule has 132 valence electrons. The maximum absolute atomic E-state index is 13.3. The maximum Gasteiger partial charge on any atom is 0.270 e. The molecule has 0 aromatic heterocycles. The molecule has 1 spiro atoms. The van der Waals surface area contributed by atoms with Crippen LogP contribution in [0.5, 0.6) is 0 Å². The van der Waals surface area contributed by atoms with Crippen LogP contribution in [0.2, 0.25) is 0 Å². The molecule has 1 aromatic carbocycles. The minimum absolute atomic E-state index is 0.230. The minimum atomic E-state index is -1.32. The van der Waals surface area contributed by atoms with E-state index in [0.29, 0.717) is 12.1 Å². The molecular weight excluding hydrogens is 408 g/mol. The van der Waals surface area contributed by atoms with Gasteiger partial charge in [-0.25, -0.2) is 0 Å². The number of amidine groups is 1. The van der Waals surface area contributed by atoms with E-state index in [1.165, 1.54) is 18.9 Å². The van der Waals surface area contributed by atoms with Crippen LogP contribution in [0, 0.1) is 0 Å². The van der Waals surface area contributed by atoms with E-state index in [1.54, 1.807) is 4.90 Å². The topological polar surface area (TPSA) is 82.1 Å². The first-order chi connectivity index (χ1) is 11.8. The summed E-state index contributed by atoms with van der Waals surface area (Å²) in [5.41, 5.74) is 1.44. The number of fused-ring (bicyclic) bond motifs is 2. The van der Waals surface area contributed by atoms with Gasteiger partial charge in [-0.15, -0.1) is 5.10 Å². The number of nitrogens with zero attached hydrogens (tertiary/aromatic N) is 3. The second kappa shape index (κ2) is 6.45. The Bertz CT molecular complexity index is 813. The Morgan fingerprint density at radius 2 is 2.08 bits per heavy atom. The van der Waals surface area contributed by atoms with Crippen molar-refractivity contribution in [1.82, 2.24) is 10.3 Å². The molecule has 3 rings (SSSR count). The molecule has 25 heavy (non-hydrogen) atoms. The van der Waals surface area contributed by atoms with E-state index in [1.807, 2.05) is 25.1 Å². The Balaban J connectivity index is 2.17. The number of hydrogen-bond donors (Lipinski definition) is 1. The van der Waals surface area contributed by atoms with E-state index in [9.17, 15) is 14.4 Å². The van der Waals surface area contributed by atoms with Gasteiger partial charge in [0.15, 0.2) is 5.17 Å². The molecule has 2 aliphatic rings. The average molecular weight is 425 g/mol. The molecule has 0 saturated heterocycles. The SMILES string of the molecule is CCCN1C(=O)C2(SC(NC(C)=O)=NN2C(C)=O)c2cc(Br)ccc21. The number of hydrazone groups is 1. The number of anilines is 1. The van der Waals surface area contributed by atoms with Crippen LogP contribution in [0.15, 0.2) is 27.8 Å². The fourth-order valence-corrected chi connectivity index (χ4v) is 4.71. The first-order valence-corrected chi connectivity index (χ1v) is 9.40. The summed E-state index contributed by atoms with van der Waals surface area (Å²) in [6.45, 7) is 5.24. The lowest BCUT2D eigenvalue weighted by molar-refractivity contribution is -0.139. The molecule has 0 fully saturated rings. The molecule has 7 nitrogen and oxygen atoms in total. The van der Waals surface area contributed by atoms with Gasteiger partial charge < -0.3 is 10.2 Å². The number of benzene rings is 1. The lowest BCUT2D eigenvalue weighted by Gasteiger charge is -2.29. The Labute approximate surface area is 157 Å². The standard InChI is InChI=1S/C16H17BrN4O3S/c1-4-7-20-13-6-5-11(17)8-12(13)16(14(20)24)21(10(3)23)19-15(25-16)18-9(2)22/h5-6,8H,4,7H2,1-3H3,(H,18,19,22). The summed E-state index contributed by atoms with van der Waals surface area (Å²) in [5.74, 6) is -0.908. The average Bonchev–Trinajstić information content (AvgIpc) is 3.00. The van der Waals surface area contributed by atoms with E-state index < -0.39 is 4.87 Å². The number of halogens is 1. The van der Waals surface area contributed by atoms with Crippen LogP contribution in [-0.4, -0.2) is 34.4 Å². The van der Waals surface area contributed by atoms with Crippen LogP contribution in [0.3, 0.4) is 0 Å². The van der Waals surface area contributed by atoms with E-state index in [0.717, 1.165) is 28.3 Å². The largest absolute Gasteiger partial charge is 0.309 e. The highest BCUT2D eigenvalue weighted by atomic mass is 79.9. The molecule has 9 heteroatoms. The quantitative estimate of drug-likeness (QED) is 0.789. The highest BCUT2D eigenvalue weighted by Crippen LogP contribution is 2.54. The van der Waals surface area contributed by atoms with Crippen molar-refractivity contribution in [1.29, 1.82) is 0 Å². The van der Waals surface area contributed by atoms with Crippen molar-refractivity contribution >= 4 is 56.3 Å². The second-order valence-electron chi connectivity index (χ2n) is 5.78. The molecular formula is C16H17BrN4O3S. The number of thioether (sulfide) groups is 1. The Morgan fingerprint density at radius 3 is 2.68 bits per heavy atom. The van der Waals surface area contributed by atoms with Crippen molar-refractivity contribution in [2.75, 3.05) is 11.4 Å². The highest BCUT2D eigenvalue weighted by Gasteiger charge is 2.61. The van der Waals surface area contributed by atoms with E-state index in [4.69, 9.17) is 0 Å². The normalized spacial score (nSPS) is 21.6. The fraction of sp³-hybridized carbons (Fsp3) is 0.375. The summed E-state index contributed by atoms with van der Waals surface area (Å²) < 4.78 is 0.800. The van der Waals surface area contributed by atoms with Crippen molar-refractivity contribution < 1.29 is 14.4 Å². The van der Waals surface area contributed by atoms with Crippen LogP contribution in [-0.2, 0) is 19.3 Å². The van der Waals surface area contributed by atoms with Crippen molar-refractivity contribution in [3.8, 4) is 0 Å². The summed E-state index contributed by atoms with van der Waals surface area (Å²) in [4.78, 5) is 37.4. The van der Waals surface area contributed by atoms with E-state index in [-0.39, 0.29) is 22.9 Å². The van der Waals surface area contributed by atoms with Gasteiger partial charge in [0.2, 0.25) is 16.7 Å². The lowest BCUT2D eigenvalue weighted by atomic mass is 10.1. The number of carbonyl (C=O) groups is 3. The fourth-order valence-electron chi connectivity index (χ4n) is 3.03. The van der Waals surface area contributed by atoms with Gasteiger partial charge in [0.25, 0.3) is 5.91 Å². The predicted octanol–water partition coefficient (Wildman–Crippen LogP) is 2.36. The van der Waals surface area contributed by atoms with Crippen LogP contribution < -0.4 is 10.2 Å². The van der Waals surface area contributed by atoms with Crippen molar-refractivity contribution in [2.24, 2.45) is 5.10 Å². The smallest absolute Gasteiger partial charge is 0.270 e. The third-order valence-corrected chi connectivity index (χ3v) is 5.64. The van der Waals surface area contributed by atoms with E-state index in [2.05, 4.69) is 26.3 Å². The number of hydrogen-bond acceptors (Lipinski definition) is 5. The molecule has 0 saturated carbocycles. The highest BCUT2D eigenvalue weighted by molar-refractivity contribution is 9.10. The number of amides is 3. The summed E-state index contributed by atoms with van der Waals surface area (Å²) in [6.07, 6.45) is 0.779. The van der Waals surface area contributed by atoms with Gasteiger partial charge in [-0.3, -0.25) is 14.4 Å². The van der Waals surface area contributed by atoms with Gasteiger partial charge in [-0.05, 0) is 36.4 Å². The molecule has 1 atom stereocenters. The third kappa shape index (κ3) is 2.75. The number of nitrogens with one attached hydrogen (secondary N) is 1. The van der Waals surface area contributed by atoms with Crippen LogP contribution in [0.1, 0.15) is 32.8 Å².